The summed E-state index contributed by atoms with van der Waals surface area (Å²) in [6.07, 6.45) is 7.19. The Balaban J connectivity index is 2.06. The lowest BCUT2D eigenvalue weighted by molar-refractivity contribution is 0.232. The molecular formula is C16H22BrClFN. The van der Waals surface area contributed by atoms with Gasteiger partial charge in [0.25, 0.3) is 0 Å². The van der Waals surface area contributed by atoms with Crippen molar-refractivity contribution in [1.82, 2.24) is 0 Å². The van der Waals surface area contributed by atoms with E-state index in [1.54, 1.807) is 12.1 Å². The molecule has 0 heterocycles. The molecule has 2 rings (SSSR count). The predicted octanol–water partition coefficient (Wildman–Crippen LogP) is 5.85. The van der Waals surface area contributed by atoms with Crippen molar-refractivity contribution in [1.29, 1.82) is 0 Å². The van der Waals surface area contributed by atoms with Crippen molar-refractivity contribution in [2.24, 2.45) is 17.6 Å². The molecular weight excluding hydrogens is 341 g/mol. The van der Waals surface area contributed by atoms with E-state index in [-0.39, 0.29) is 16.9 Å². The summed E-state index contributed by atoms with van der Waals surface area (Å²) in [5.74, 6) is 0.834. The van der Waals surface area contributed by atoms with E-state index < -0.39 is 0 Å². The molecule has 1 fully saturated rings. The Hall–Kier alpha value is -0.120. The topological polar surface area (TPSA) is 26.0 Å². The van der Waals surface area contributed by atoms with Gasteiger partial charge in [-0.3, -0.25) is 0 Å². The summed E-state index contributed by atoms with van der Waals surface area (Å²) in [7, 11) is 0. The van der Waals surface area contributed by atoms with Gasteiger partial charge in [0, 0.05) is 16.1 Å². The van der Waals surface area contributed by atoms with E-state index in [1.165, 1.54) is 25.7 Å². The molecule has 1 nitrogen and oxygen atoms in total. The van der Waals surface area contributed by atoms with Gasteiger partial charge < -0.3 is 5.73 Å². The fourth-order valence-electron chi connectivity index (χ4n) is 3.30. The van der Waals surface area contributed by atoms with E-state index in [0.717, 1.165) is 18.8 Å². The zero-order valence-corrected chi connectivity index (χ0v) is 14.2. The molecule has 1 atom stereocenters. The molecule has 1 aromatic carbocycles. The second-order valence-electron chi connectivity index (χ2n) is 5.86. The van der Waals surface area contributed by atoms with Gasteiger partial charge in [-0.05, 0) is 46.7 Å². The van der Waals surface area contributed by atoms with Crippen LogP contribution in [0, 0.1) is 17.7 Å². The van der Waals surface area contributed by atoms with Crippen molar-refractivity contribution in [2.75, 3.05) is 0 Å². The number of halogens is 3. The maximum Gasteiger partial charge on any atom is 0.147 e. The Morgan fingerprint density at radius 1 is 1.35 bits per heavy atom. The van der Waals surface area contributed by atoms with Gasteiger partial charge in [0.2, 0.25) is 0 Å². The quantitative estimate of drug-likeness (QED) is 0.668. The average Bonchev–Trinajstić information content (AvgIpc) is 2.45. The van der Waals surface area contributed by atoms with Gasteiger partial charge in [-0.1, -0.05) is 50.3 Å². The maximum atomic E-state index is 14.2. The second kappa shape index (κ2) is 7.24. The molecule has 0 amide bonds. The summed E-state index contributed by atoms with van der Waals surface area (Å²) in [6.45, 7) is 2.23. The molecule has 0 spiro atoms. The average molecular weight is 363 g/mol. The van der Waals surface area contributed by atoms with E-state index in [2.05, 4.69) is 22.9 Å². The van der Waals surface area contributed by atoms with Crippen LogP contribution in [-0.2, 0) is 0 Å². The van der Waals surface area contributed by atoms with Crippen molar-refractivity contribution >= 4 is 27.5 Å². The second-order valence-corrected chi connectivity index (χ2v) is 7.09. The Labute approximate surface area is 134 Å². The Kier molecular flexibility index (Phi) is 5.88. The van der Waals surface area contributed by atoms with Gasteiger partial charge in [0.15, 0.2) is 0 Å². The smallest absolute Gasteiger partial charge is 0.147 e. The van der Waals surface area contributed by atoms with Crippen LogP contribution in [0.4, 0.5) is 4.39 Å². The van der Waals surface area contributed by atoms with E-state index in [1.807, 2.05) is 0 Å². The van der Waals surface area contributed by atoms with Crippen LogP contribution < -0.4 is 5.73 Å². The molecule has 1 aliphatic carbocycles. The third kappa shape index (κ3) is 3.55. The van der Waals surface area contributed by atoms with Crippen molar-refractivity contribution in [2.45, 2.75) is 51.5 Å². The number of nitrogens with two attached hydrogens (primary N) is 1. The summed E-state index contributed by atoms with van der Waals surface area (Å²) in [6, 6.07) is 3.29. The molecule has 0 aliphatic heterocycles. The van der Waals surface area contributed by atoms with Crippen LogP contribution in [0.3, 0.4) is 0 Å². The Morgan fingerprint density at radius 3 is 2.60 bits per heavy atom. The standard InChI is InChI=1S/C16H22BrClFN/c1-2-3-10-4-6-11(7-5-10)16(20)12-8-9-13(17)14(18)15(12)19/h8-11,16H,2-7,20H2,1H3. The lowest BCUT2D eigenvalue weighted by Gasteiger charge is -2.32. The predicted molar refractivity (Wildman–Crippen MR) is 86.4 cm³/mol. The third-order valence-electron chi connectivity index (χ3n) is 4.52. The number of hydrogen-bond acceptors (Lipinski definition) is 1. The van der Waals surface area contributed by atoms with E-state index in [4.69, 9.17) is 17.3 Å². The molecule has 0 radical (unpaired) electrons. The SMILES string of the molecule is CCCC1CCC(C(N)c2ccc(Br)c(Cl)c2F)CC1. The van der Waals surface area contributed by atoms with Gasteiger partial charge in [0.1, 0.15) is 5.82 Å². The zero-order valence-electron chi connectivity index (χ0n) is 11.8. The van der Waals surface area contributed by atoms with Crippen LogP contribution in [0.1, 0.15) is 57.1 Å². The fraction of sp³-hybridized carbons (Fsp3) is 0.625. The van der Waals surface area contributed by atoms with Crippen LogP contribution in [0.2, 0.25) is 5.02 Å². The van der Waals surface area contributed by atoms with Crippen LogP contribution in [0.25, 0.3) is 0 Å². The molecule has 1 saturated carbocycles. The summed E-state index contributed by atoms with van der Waals surface area (Å²) >= 11 is 9.19. The molecule has 112 valence electrons. The molecule has 0 aromatic heterocycles. The monoisotopic (exact) mass is 361 g/mol. The van der Waals surface area contributed by atoms with Gasteiger partial charge in [-0.15, -0.1) is 0 Å². The molecule has 20 heavy (non-hydrogen) atoms. The van der Waals surface area contributed by atoms with E-state index in [0.29, 0.717) is 16.0 Å². The van der Waals surface area contributed by atoms with Gasteiger partial charge in [-0.25, -0.2) is 4.39 Å². The summed E-state index contributed by atoms with van der Waals surface area (Å²) < 4.78 is 14.8. The maximum absolute atomic E-state index is 14.2. The summed E-state index contributed by atoms with van der Waals surface area (Å²) in [5.41, 5.74) is 6.85. The van der Waals surface area contributed by atoms with Crippen molar-refractivity contribution in [3.8, 4) is 0 Å². The first-order valence-corrected chi connectivity index (χ1v) is 8.60. The molecule has 0 bridgehead atoms. The number of hydrogen-bond donors (Lipinski definition) is 1. The molecule has 1 unspecified atom stereocenters. The number of benzene rings is 1. The van der Waals surface area contributed by atoms with Crippen LogP contribution in [0.5, 0.6) is 0 Å². The molecule has 2 N–H and O–H groups in total. The highest BCUT2D eigenvalue weighted by molar-refractivity contribution is 9.10. The molecule has 4 heteroatoms. The van der Waals surface area contributed by atoms with Gasteiger partial charge in [0.05, 0.1) is 5.02 Å². The minimum Gasteiger partial charge on any atom is -0.324 e. The fourth-order valence-corrected chi connectivity index (χ4v) is 3.77. The lowest BCUT2D eigenvalue weighted by atomic mass is 9.76. The normalized spacial score (nSPS) is 24.6. The highest BCUT2D eigenvalue weighted by Gasteiger charge is 2.28. The largest absolute Gasteiger partial charge is 0.324 e. The van der Waals surface area contributed by atoms with Crippen LogP contribution in [-0.4, -0.2) is 0 Å². The van der Waals surface area contributed by atoms with Crippen molar-refractivity contribution < 1.29 is 4.39 Å². The zero-order chi connectivity index (χ0) is 14.7. The molecule has 0 saturated heterocycles. The van der Waals surface area contributed by atoms with Crippen LogP contribution in [0.15, 0.2) is 16.6 Å². The lowest BCUT2D eigenvalue weighted by Crippen LogP contribution is -2.27. The molecule has 1 aliphatic rings. The van der Waals surface area contributed by atoms with Crippen molar-refractivity contribution in [3.05, 3.63) is 33.0 Å². The summed E-state index contributed by atoms with van der Waals surface area (Å²) in [5, 5.41) is 0.137. The van der Waals surface area contributed by atoms with Crippen molar-refractivity contribution in [3.63, 3.8) is 0 Å². The Bertz CT molecular complexity index is 458. The first kappa shape index (κ1) is 16.3. The Morgan fingerprint density at radius 2 is 2.00 bits per heavy atom. The van der Waals surface area contributed by atoms with E-state index >= 15 is 0 Å². The third-order valence-corrected chi connectivity index (χ3v) is 5.78. The highest BCUT2D eigenvalue weighted by atomic mass is 79.9. The van der Waals surface area contributed by atoms with Gasteiger partial charge in [-0.2, -0.15) is 0 Å². The molecule has 1 aromatic rings. The highest BCUT2D eigenvalue weighted by Crippen LogP contribution is 2.39. The van der Waals surface area contributed by atoms with E-state index in [9.17, 15) is 4.39 Å². The first-order chi connectivity index (χ1) is 9.54. The first-order valence-electron chi connectivity index (χ1n) is 7.43. The van der Waals surface area contributed by atoms with Gasteiger partial charge >= 0.3 is 0 Å². The summed E-state index contributed by atoms with van der Waals surface area (Å²) in [4.78, 5) is 0. The minimum absolute atomic E-state index is 0.137. The minimum atomic E-state index is -0.371. The number of rotatable bonds is 4. The van der Waals surface area contributed by atoms with Crippen LogP contribution >= 0.6 is 27.5 Å².